The highest BCUT2D eigenvalue weighted by molar-refractivity contribution is 4.88. The lowest BCUT2D eigenvalue weighted by atomic mass is 9.80. The normalized spacial score (nSPS) is 37.3. The van der Waals surface area contributed by atoms with Crippen LogP contribution in [0.5, 0.6) is 0 Å². The Morgan fingerprint density at radius 1 is 1.25 bits per heavy atom. The maximum absolute atomic E-state index is 10.2. The molecule has 0 bridgehead atoms. The second kappa shape index (κ2) is 5.05. The topological polar surface area (TPSA) is 32.3 Å². The van der Waals surface area contributed by atoms with Crippen molar-refractivity contribution in [1.29, 1.82) is 0 Å². The Morgan fingerprint density at radius 2 is 1.88 bits per heavy atom. The van der Waals surface area contributed by atoms with Gasteiger partial charge >= 0.3 is 0 Å². The van der Waals surface area contributed by atoms with Gasteiger partial charge in [0.25, 0.3) is 0 Å². The fourth-order valence-corrected chi connectivity index (χ4v) is 3.00. The summed E-state index contributed by atoms with van der Waals surface area (Å²) < 4.78 is 0. The summed E-state index contributed by atoms with van der Waals surface area (Å²) in [4.78, 5) is 0. The highest BCUT2D eigenvalue weighted by Gasteiger charge is 2.32. The first-order chi connectivity index (χ1) is 7.61. The molecular formula is C14H27NO. The van der Waals surface area contributed by atoms with Crippen molar-refractivity contribution in [2.45, 2.75) is 82.9 Å². The third kappa shape index (κ3) is 3.46. The van der Waals surface area contributed by atoms with Crippen LogP contribution in [0.25, 0.3) is 0 Å². The fourth-order valence-electron chi connectivity index (χ4n) is 3.00. The quantitative estimate of drug-likeness (QED) is 0.754. The molecule has 0 aromatic heterocycles. The smallest absolute Gasteiger partial charge is 0.0646 e. The predicted octanol–water partition coefficient (Wildman–Crippen LogP) is 2.85. The van der Waals surface area contributed by atoms with E-state index in [0.717, 1.165) is 38.0 Å². The maximum atomic E-state index is 10.2. The molecule has 94 valence electrons. The Bertz CT molecular complexity index is 217. The molecule has 2 heteroatoms. The summed E-state index contributed by atoms with van der Waals surface area (Å²) in [5, 5.41) is 13.9. The molecule has 1 unspecified atom stereocenters. The monoisotopic (exact) mass is 225 g/mol. The van der Waals surface area contributed by atoms with Crippen molar-refractivity contribution in [1.82, 2.24) is 5.32 Å². The van der Waals surface area contributed by atoms with Crippen molar-refractivity contribution < 1.29 is 5.11 Å². The summed E-state index contributed by atoms with van der Waals surface area (Å²) in [7, 11) is 0. The van der Waals surface area contributed by atoms with Crippen LogP contribution in [-0.4, -0.2) is 22.8 Å². The average molecular weight is 225 g/mol. The molecule has 16 heavy (non-hydrogen) atoms. The zero-order chi connectivity index (χ0) is 11.6. The van der Waals surface area contributed by atoms with Gasteiger partial charge in [-0.1, -0.05) is 19.8 Å². The Hall–Kier alpha value is -0.0800. The molecule has 2 aliphatic carbocycles. The summed E-state index contributed by atoms with van der Waals surface area (Å²) >= 11 is 0. The molecule has 2 aliphatic rings. The lowest BCUT2D eigenvalue weighted by Crippen LogP contribution is -2.44. The molecule has 2 fully saturated rings. The molecule has 2 rings (SSSR count). The number of hydrogen-bond acceptors (Lipinski definition) is 2. The van der Waals surface area contributed by atoms with E-state index in [1.54, 1.807) is 0 Å². The first-order valence-corrected chi connectivity index (χ1v) is 7.10. The second-order valence-electron chi connectivity index (χ2n) is 6.10. The Labute approximate surface area is 99.8 Å². The summed E-state index contributed by atoms with van der Waals surface area (Å²) in [5.41, 5.74) is -0.349. The molecule has 0 amide bonds. The van der Waals surface area contributed by atoms with E-state index >= 15 is 0 Å². The van der Waals surface area contributed by atoms with E-state index in [4.69, 9.17) is 0 Å². The molecule has 2 N–H and O–H groups in total. The van der Waals surface area contributed by atoms with Gasteiger partial charge < -0.3 is 10.4 Å². The molecule has 0 aromatic rings. The van der Waals surface area contributed by atoms with Crippen LogP contribution in [0.2, 0.25) is 0 Å². The van der Waals surface area contributed by atoms with Gasteiger partial charge in [-0.25, -0.2) is 0 Å². The molecule has 0 saturated heterocycles. The lowest BCUT2D eigenvalue weighted by molar-refractivity contribution is -0.00776. The van der Waals surface area contributed by atoms with Gasteiger partial charge in [0, 0.05) is 12.1 Å². The molecule has 2 saturated carbocycles. The van der Waals surface area contributed by atoms with E-state index in [9.17, 15) is 5.11 Å². The minimum Gasteiger partial charge on any atom is -0.390 e. The molecule has 0 spiro atoms. The van der Waals surface area contributed by atoms with Crippen LogP contribution < -0.4 is 5.32 Å². The van der Waals surface area contributed by atoms with Crippen LogP contribution in [-0.2, 0) is 0 Å². The predicted molar refractivity (Wildman–Crippen MR) is 67.4 cm³/mol. The molecule has 1 atom stereocenters. The average Bonchev–Trinajstić information content (AvgIpc) is 3.06. The van der Waals surface area contributed by atoms with Gasteiger partial charge in [0.05, 0.1) is 5.60 Å². The van der Waals surface area contributed by atoms with Gasteiger partial charge in [0.1, 0.15) is 0 Å². The van der Waals surface area contributed by atoms with E-state index in [0.29, 0.717) is 12.1 Å². The summed E-state index contributed by atoms with van der Waals surface area (Å²) in [6.07, 6.45) is 9.44. The molecule has 0 radical (unpaired) electrons. The van der Waals surface area contributed by atoms with Gasteiger partial charge in [-0.15, -0.1) is 0 Å². The van der Waals surface area contributed by atoms with Crippen LogP contribution in [0.1, 0.15) is 65.2 Å². The van der Waals surface area contributed by atoms with E-state index < -0.39 is 0 Å². The van der Waals surface area contributed by atoms with Crippen molar-refractivity contribution in [2.75, 3.05) is 0 Å². The standard InChI is InChI=1S/C14H27NO/c1-3-14(16)8-6-13(7-9-14)15-11(2)10-12-4-5-12/h11-13,15-16H,3-10H2,1-2H3. The number of nitrogens with one attached hydrogen (secondary N) is 1. The number of rotatable bonds is 5. The zero-order valence-corrected chi connectivity index (χ0v) is 10.8. The van der Waals surface area contributed by atoms with Crippen molar-refractivity contribution in [3.8, 4) is 0 Å². The van der Waals surface area contributed by atoms with Crippen molar-refractivity contribution in [3.05, 3.63) is 0 Å². The van der Waals surface area contributed by atoms with Crippen LogP contribution in [0, 0.1) is 5.92 Å². The molecule has 0 heterocycles. The second-order valence-corrected chi connectivity index (χ2v) is 6.10. The van der Waals surface area contributed by atoms with Crippen LogP contribution in [0.3, 0.4) is 0 Å². The molecular weight excluding hydrogens is 198 g/mol. The first-order valence-electron chi connectivity index (χ1n) is 7.10. The van der Waals surface area contributed by atoms with Crippen molar-refractivity contribution in [2.24, 2.45) is 5.92 Å². The van der Waals surface area contributed by atoms with Crippen LogP contribution in [0.4, 0.5) is 0 Å². The summed E-state index contributed by atoms with van der Waals surface area (Å²) in [6.45, 7) is 4.42. The minimum atomic E-state index is -0.349. The van der Waals surface area contributed by atoms with Crippen molar-refractivity contribution >= 4 is 0 Å². The van der Waals surface area contributed by atoms with E-state index in [2.05, 4.69) is 19.2 Å². The SMILES string of the molecule is CCC1(O)CCC(NC(C)CC2CC2)CC1. The molecule has 2 nitrogen and oxygen atoms in total. The Morgan fingerprint density at radius 3 is 2.38 bits per heavy atom. The summed E-state index contributed by atoms with van der Waals surface area (Å²) in [5.74, 6) is 1.01. The molecule has 0 aromatic carbocycles. The Kier molecular flexibility index (Phi) is 3.91. The van der Waals surface area contributed by atoms with E-state index in [1.807, 2.05) is 0 Å². The van der Waals surface area contributed by atoms with Gasteiger partial charge in [0.2, 0.25) is 0 Å². The van der Waals surface area contributed by atoms with Crippen molar-refractivity contribution in [3.63, 3.8) is 0 Å². The Balaban J connectivity index is 1.67. The number of aliphatic hydroxyl groups is 1. The third-order valence-electron chi connectivity index (χ3n) is 4.48. The highest BCUT2D eigenvalue weighted by atomic mass is 16.3. The fraction of sp³-hybridized carbons (Fsp3) is 1.00. The highest BCUT2D eigenvalue weighted by Crippen LogP contribution is 2.34. The van der Waals surface area contributed by atoms with Gasteiger partial charge in [-0.05, 0) is 51.4 Å². The van der Waals surface area contributed by atoms with Crippen LogP contribution >= 0.6 is 0 Å². The van der Waals surface area contributed by atoms with E-state index in [-0.39, 0.29) is 5.60 Å². The largest absolute Gasteiger partial charge is 0.390 e. The maximum Gasteiger partial charge on any atom is 0.0646 e. The minimum absolute atomic E-state index is 0.349. The van der Waals surface area contributed by atoms with Gasteiger partial charge in [0.15, 0.2) is 0 Å². The third-order valence-corrected chi connectivity index (χ3v) is 4.48. The lowest BCUT2D eigenvalue weighted by Gasteiger charge is -2.36. The number of hydrogen-bond donors (Lipinski definition) is 2. The zero-order valence-electron chi connectivity index (χ0n) is 10.8. The molecule has 0 aliphatic heterocycles. The van der Waals surface area contributed by atoms with Gasteiger partial charge in [-0.2, -0.15) is 0 Å². The van der Waals surface area contributed by atoms with Crippen LogP contribution in [0.15, 0.2) is 0 Å². The van der Waals surface area contributed by atoms with E-state index in [1.165, 1.54) is 19.3 Å². The van der Waals surface area contributed by atoms with Gasteiger partial charge in [-0.3, -0.25) is 0 Å². The summed E-state index contributed by atoms with van der Waals surface area (Å²) in [6, 6.07) is 1.32. The first kappa shape index (κ1) is 12.4.